The van der Waals surface area contributed by atoms with Gasteiger partial charge in [-0.15, -0.1) is 0 Å². The van der Waals surface area contributed by atoms with Crippen molar-refractivity contribution in [1.82, 2.24) is 14.5 Å². The topological polar surface area (TPSA) is 114 Å². The van der Waals surface area contributed by atoms with Gasteiger partial charge in [0.25, 0.3) is 5.91 Å². The molecule has 0 bridgehead atoms. The standard InChI is InChI=1S/C30H34ClN3O7S/c1-22(30(36)32-19-23-5-9-26(39-2)10-6-23)34(20-24-3-7-25(31)8-4-24)29(35)21-41-27-11-13-28(14-12-27)42(37,38)33-15-17-40-18-16-33/h3-14,22H,15-21H2,1-2H3,(H,32,36). The number of benzene rings is 3. The Hall–Kier alpha value is -3.64. The van der Waals surface area contributed by atoms with Gasteiger partial charge in [0.1, 0.15) is 17.5 Å². The molecule has 224 valence electrons. The molecule has 1 N–H and O–H groups in total. The summed E-state index contributed by atoms with van der Waals surface area (Å²) in [6, 6.07) is 19.5. The Morgan fingerprint density at radius 3 is 2.17 bits per heavy atom. The summed E-state index contributed by atoms with van der Waals surface area (Å²) in [6.07, 6.45) is 0. The molecular weight excluding hydrogens is 582 g/mol. The van der Waals surface area contributed by atoms with Crippen molar-refractivity contribution in [3.05, 3.63) is 88.9 Å². The molecule has 2 amide bonds. The Morgan fingerprint density at radius 1 is 0.952 bits per heavy atom. The van der Waals surface area contributed by atoms with Crippen molar-refractivity contribution in [1.29, 1.82) is 0 Å². The Kier molecular flexibility index (Phi) is 10.8. The van der Waals surface area contributed by atoms with Crippen molar-refractivity contribution in [3.8, 4) is 11.5 Å². The molecule has 1 saturated heterocycles. The van der Waals surface area contributed by atoms with E-state index in [1.807, 2.05) is 24.3 Å². The van der Waals surface area contributed by atoms with Crippen LogP contribution in [0.5, 0.6) is 11.5 Å². The fourth-order valence-electron chi connectivity index (χ4n) is 4.32. The minimum absolute atomic E-state index is 0.134. The SMILES string of the molecule is COc1ccc(CNC(=O)C(C)N(Cc2ccc(Cl)cc2)C(=O)COc2ccc(S(=O)(=O)N3CCOCC3)cc2)cc1. The summed E-state index contributed by atoms with van der Waals surface area (Å²) in [5.74, 6) is 0.298. The van der Waals surface area contributed by atoms with E-state index in [0.29, 0.717) is 42.8 Å². The largest absolute Gasteiger partial charge is 0.497 e. The summed E-state index contributed by atoms with van der Waals surface area (Å²) < 4.78 is 43.3. The Bertz CT molecular complexity index is 1440. The number of nitrogens with zero attached hydrogens (tertiary/aromatic N) is 2. The van der Waals surface area contributed by atoms with Crippen molar-refractivity contribution < 1.29 is 32.2 Å². The number of rotatable bonds is 12. The van der Waals surface area contributed by atoms with E-state index in [1.54, 1.807) is 38.3 Å². The molecule has 0 spiro atoms. The van der Waals surface area contributed by atoms with Crippen molar-refractivity contribution in [2.24, 2.45) is 0 Å². The molecule has 0 saturated carbocycles. The third-order valence-corrected chi connectivity index (χ3v) is 9.02. The van der Waals surface area contributed by atoms with Crippen LogP contribution in [0.2, 0.25) is 5.02 Å². The number of amides is 2. The van der Waals surface area contributed by atoms with E-state index < -0.39 is 22.0 Å². The summed E-state index contributed by atoms with van der Waals surface area (Å²) in [7, 11) is -2.06. The second kappa shape index (κ2) is 14.5. The average molecular weight is 616 g/mol. The highest BCUT2D eigenvalue weighted by Gasteiger charge is 2.28. The molecule has 0 radical (unpaired) electrons. The fraction of sp³-hybridized carbons (Fsp3) is 0.333. The van der Waals surface area contributed by atoms with Crippen molar-refractivity contribution in [2.75, 3.05) is 40.0 Å². The molecule has 1 aliphatic heterocycles. The molecule has 1 aliphatic rings. The van der Waals surface area contributed by atoms with Gasteiger partial charge >= 0.3 is 0 Å². The Balaban J connectivity index is 1.41. The second-order valence-corrected chi connectivity index (χ2v) is 12.0. The molecular formula is C30H34ClN3O7S. The number of methoxy groups -OCH3 is 1. The van der Waals surface area contributed by atoms with Crippen LogP contribution in [0.1, 0.15) is 18.1 Å². The predicted octanol–water partition coefficient (Wildman–Crippen LogP) is 3.48. The number of nitrogens with one attached hydrogen (secondary N) is 1. The highest BCUT2D eigenvalue weighted by molar-refractivity contribution is 7.89. The normalized spacial score (nSPS) is 14.5. The fourth-order valence-corrected chi connectivity index (χ4v) is 5.86. The van der Waals surface area contributed by atoms with Gasteiger partial charge in [-0.25, -0.2) is 8.42 Å². The highest BCUT2D eigenvalue weighted by atomic mass is 35.5. The van der Waals surface area contributed by atoms with Crippen LogP contribution in [-0.2, 0) is 37.4 Å². The molecule has 3 aromatic rings. The van der Waals surface area contributed by atoms with Crippen LogP contribution in [0.25, 0.3) is 0 Å². The molecule has 1 unspecified atom stereocenters. The first-order valence-electron chi connectivity index (χ1n) is 13.4. The predicted molar refractivity (Wildman–Crippen MR) is 158 cm³/mol. The molecule has 0 aliphatic carbocycles. The maximum Gasteiger partial charge on any atom is 0.261 e. The lowest BCUT2D eigenvalue weighted by Gasteiger charge is -2.29. The van der Waals surface area contributed by atoms with Crippen LogP contribution in [0.3, 0.4) is 0 Å². The summed E-state index contributed by atoms with van der Waals surface area (Å²) in [4.78, 5) is 28.1. The van der Waals surface area contributed by atoms with E-state index in [2.05, 4.69) is 5.32 Å². The van der Waals surface area contributed by atoms with Gasteiger partial charge in [-0.1, -0.05) is 35.9 Å². The highest BCUT2D eigenvalue weighted by Crippen LogP contribution is 2.21. The van der Waals surface area contributed by atoms with Crippen LogP contribution in [0.15, 0.2) is 77.7 Å². The van der Waals surface area contributed by atoms with Gasteiger partial charge in [-0.2, -0.15) is 4.31 Å². The third-order valence-electron chi connectivity index (χ3n) is 6.85. The van der Waals surface area contributed by atoms with E-state index in [4.69, 9.17) is 25.8 Å². The monoisotopic (exact) mass is 615 g/mol. The molecule has 42 heavy (non-hydrogen) atoms. The van der Waals surface area contributed by atoms with E-state index in [-0.39, 0.29) is 30.5 Å². The van der Waals surface area contributed by atoms with Crippen LogP contribution in [-0.4, -0.2) is 75.5 Å². The molecule has 10 nitrogen and oxygen atoms in total. The van der Waals surface area contributed by atoms with E-state index >= 15 is 0 Å². The maximum absolute atomic E-state index is 13.4. The molecule has 1 heterocycles. The van der Waals surface area contributed by atoms with Crippen LogP contribution in [0.4, 0.5) is 0 Å². The zero-order valence-electron chi connectivity index (χ0n) is 23.5. The lowest BCUT2D eigenvalue weighted by atomic mass is 10.1. The van der Waals surface area contributed by atoms with Crippen LogP contribution < -0.4 is 14.8 Å². The first-order chi connectivity index (χ1) is 20.2. The van der Waals surface area contributed by atoms with Crippen molar-refractivity contribution >= 4 is 33.4 Å². The molecule has 3 aromatic carbocycles. The zero-order valence-corrected chi connectivity index (χ0v) is 25.1. The number of carbonyl (C=O) groups excluding carboxylic acids is 2. The van der Waals surface area contributed by atoms with Crippen molar-refractivity contribution in [3.63, 3.8) is 0 Å². The molecule has 1 fully saturated rings. The number of morpholine rings is 1. The number of halogens is 1. The van der Waals surface area contributed by atoms with Crippen LogP contribution >= 0.6 is 11.6 Å². The van der Waals surface area contributed by atoms with E-state index in [1.165, 1.54) is 33.5 Å². The van der Waals surface area contributed by atoms with Gasteiger partial charge in [0.05, 0.1) is 25.2 Å². The van der Waals surface area contributed by atoms with Gasteiger partial charge in [-0.3, -0.25) is 9.59 Å². The smallest absolute Gasteiger partial charge is 0.261 e. The molecule has 0 aromatic heterocycles. The third kappa shape index (κ3) is 8.22. The summed E-state index contributed by atoms with van der Waals surface area (Å²) in [5.41, 5.74) is 1.68. The Morgan fingerprint density at radius 2 is 1.55 bits per heavy atom. The van der Waals surface area contributed by atoms with Gasteiger partial charge < -0.3 is 24.4 Å². The van der Waals surface area contributed by atoms with Crippen molar-refractivity contribution in [2.45, 2.75) is 31.0 Å². The second-order valence-electron chi connectivity index (χ2n) is 9.67. The van der Waals surface area contributed by atoms with E-state index in [0.717, 1.165) is 11.1 Å². The number of hydrogen-bond acceptors (Lipinski definition) is 7. The number of sulfonamides is 1. The molecule has 12 heteroatoms. The van der Waals surface area contributed by atoms with Gasteiger partial charge in [0.15, 0.2) is 6.61 Å². The summed E-state index contributed by atoms with van der Waals surface area (Å²) >= 11 is 6.02. The lowest BCUT2D eigenvalue weighted by Crippen LogP contribution is -2.48. The average Bonchev–Trinajstić information content (AvgIpc) is 3.02. The quantitative estimate of drug-likeness (QED) is 0.332. The number of carbonyl (C=O) groups is 2. The van der Waals surface area contributed by atoms with Crippen LogP contribution in [0, 0.1) is 0 Å². The van der Waals surface area contributed by atoms with Gasteiger partial charge in [0, 0.05) is 31.2 Å². The minimum atomic E-state index is -3.65. The summed E-state index contributed by atoms with van der Waals surface area (Å²) in [5, 5.41) is 3.44. The maximum atomic E-state index is 13.4. The minimum Gasteiger partial charge on any atom is -0.497 e. The molecule has 1 atom stereocenters. The zero-order chi connectivity index (χ0) is 30.1. The number of hydrogen-bond donors (Lipinski definition) is 1. The van der Waals surface area contributed by atoms with Gasteiger partial charge in [0.2, 0.25) is 15.9 Å². The Labute approximate surface area is 251 Å². The number of ether oxygens (including phenoxy) is 3. The first-order valence-corrected chi connectivity index (χ1v) is 15.2. The first kappa shape index (κ1) is 31.3. The van der Waals surface area contributed by atoms with E-state index in [9.17, 15) is 18.0 Å². The molecule has 4 rings (SSSR count). The van der Waals surface area contributed by atoms with Gasteiger partial charge in [-0.05, 0) is 66.6 Å². The lowest BCUT2D eigenvalue weighted by molar-refractivity contribution is -0.142. The summed E-state index contributed by atoms with van der Waals surface area (Å²) in [6.45, 7) is 3.05.